The molecule has 1 aliphatic heterocycles. The first-order chi connectivity index (χ1) is 8.63. The van der Waals surface area contributed by atoms with Crippen molar-refractivity contribution in [3.63, 3.8) is 0 Å². The minimum Gasteiger partial charge on any atom is -0.495 e. The molecule has 1 aromatic carbocycles. The molecule has 0 aliphatic carbocycles. The van der Waals surface area contributed by atoms with Crippen molar-refractivity contribution in [2.24, 2.45) is 0 Å². The lowest BCUT2D eigenvalue weighted by atomic mass is 9.88. The van der Waals surface area contributed by atoms with Crippen LogP contribution in [0.5, 0.6) is 5.75 Å². The highest BCUT2D eigenvalue weighted by molar-refractivity contribution is 6.32. The van der Waals surface area contributed by atoms with Gasteiger partial charge < -0.3 is 10.1 Å². The third-order valence-electron chi connectivity index (χ3n) is 3.69. The Balaban J connectivity index is 2.37. The summed E-state index contributed by atoms with van der Waals surface area (Å²) >= 11 is 6.35. The van der Waals surface area contributed by atoms with Gasteiger partial charge >= 0.3 is 0 Å². The zero-order valence-corrected chi connectivity index (χ0v) is 12.2. The molecule has 1 aromatic rings. The molecular formula is C15H22ClNO. The van der Waals surface area contributed by atoms with Crippen LogP contribution in [0.3, 0.4) is 0 Å². The molecule has 1 heterocycles. The summed E-state index contributed by atoms with van der Waals surface area (Å²) in [6, 6.07) is 4.34. The lowest BCUT2D eigenvalue weighted by molar-refractivity contribution is 0.406. The summed E-state index contributed by atoms with van der Waals surface area (Å²) in [5, 5.41) is 4.20. The molecule has 18 heavy (non-hydrogen) atoms. The van der Waals surface area contributed by atoms with Crippen molar-refractivity contribution >= 4 is 11.6 Å². The van der Waals surface area contributed by atoms with Gasteiger partial charge in [-0.25, -0.2) is 0 Å². The number of halogens is 1. The highest BCUT2D eigenvalue weighted by Crippen LogP contribution is 2.37. The largest absolute Gasteiger partial charge is 0.495 e. The number of benzene rings is 1. The highest BCUT2D eigenvalue weighted by atomic mass is 35.5. The van der Waals surface area contributed by atoms with E-state index in [4.69, 9.17) is 16.3 Å². The quantitative estimate of drug-likeness (QED) is 0.896. The molecule has 1 saturated heterocycles. The lowest BCUT2D eigenvalue weighted by Crippen LogP contribution is -2.28. The van der Waals surface area contributed by atoms with Gasteiger partial charge in [-0.2, -0.15) is 0 Å². The third-order valence-corrected chi connectivity index (χ3v) is 3.97. The van der Waals surface area contributed by atoms with Gasteiger partial charge in [0.25, 0.3) is 0 Å². The lowest BCUT2D eigenvalue weighted by Gasteiger charge is -2.25. The van der Waals surface area contributed by atoms with E-state index in [-0.39, 0.29) is 0 Å². The van der Waals surface area contributed by atoms with Crippen LogP contribution < -0.4 is 10.1 Å². The van der Waals surface area contributed by atoms with Crippen molar-refractivity contribution in [1.29, 1.82) is 0 Å². The van der Waals surface area contributed by atoms with Crippen LogP contribution in [-0.2, 0) is 0 Å². The number of nitrogens with one attached hydrogen (secondary N) is 1. The number of hydrogen-bond acceptors (Lipinski definition) is 2. The number of methoxy groups -OCH3 is 1. The van der Waals surface area contributed by atoms with Gasteiger partial charge in [0.1, 0.15) is 5.75 Å². The van der Waals surface area contributed by atoms with Gasteiger partial charge in [0, 0.05) is 6.54 Å². The van der Waals surface area contributed by atoms with Crippen LogP contribution in [0.15, 0.2) is 12.1 Å². The first-order valence-electron chi connectivity index (χ1n) is 6.71. The molecule has 1 atom stereocenters. The minimum atomic E-state index is 0.425. The van der Waals surface area contributed by atoms with E-state index in [0.29, 0.717) is 11.8 Å². The Bertz CT molecular complexity index is 411. The smallest absolute Gasteiger partial charge is 0.140 e. The second kappa shape index (κ2) is 5.94. The monoisotopic (exact) mass is 267 g/mol. The fraction of sp³-hybridized carbons (Fsp3) is 0.600. The Kier molecular flexibility index (Phi) is 4.52. The molecule has 0 spiro atoms. The van der Waals surface area contributed by atoms with Gasteiger partial charge in [0.05, 0.1) is 12.1 Å². The Hall–Kier alpha value is -0.730. The molecule has 2 rings (SSSR count). The summed E-state index contributed by atoms with van der Waals surface area (Å²) in [7, 11) is 1.69. The van der Waals surface area contributed by atoms with Crippen molar-refractivity contribution in [2.45, 2.75) is 38.5 Å². The Morgan fingerprint density at radius 3 is 2.72 bits per heavy atom. The maximum Gasteiger partial charge on any atom is 0.140 e. The molecule has 0 radical (unpaired) electrons. The molecule has 1 fully saturated rings. The predicted octanol–water partition coefficient (Wildman–Crippen LogP) is 3.94. The van der Waals surface area contributed by atoms with Crippen molar-refractivity contribution < 1.29 is 4.74 Å². The Labute approximate surface area is 115 Å². The molecule has 0 bridgehead atoms. The maximum absolute atomic E-state index is 6.35. The first-order valence-corrected chi connectivity index (χ1v) is 7.09. The summed E-state index contributed by atoms with van der Waals surface area (Å²) in [4.78, 5) is 0. The molecule has 1 aliphatic rings. The minimum absolute atomic E-state index is 0.425. The highest BCUT2D eigenvalue weighted by Gasteiger charge is 2.19. The molecule has 0 aromatic heterocycles. The van der Waals surface area contributed by atoms with Gasteiger partial charge in [0.2, 0.25) is 0 Å². The van der Waals surface area contributed by atoms with Crippen LogP contribution in [0.4, 0.5) is 0 Å². The van der Waals surface area contributed by atoms with Gasteiger partial charge in [-0.05, 0) is 48.4 Å². The molecule has 2 nitrogen and oxygen atoms in total. The Morgan fingerprint density at radius 2 is 2.17 bits per heavy atom. The van der Waals surface area contributed by atoms with Gasteiger partial charge in [-0.3, -0.25) is 0 Å². The van der Waals surface area contributed by atoms with E-state index in [9.17, 15) is 0 Å². The third kappa shape index (κ3) is 2.81. The molecule has 0 saturated carbocycles. The van der Waals surface area contributed by atoms with Gasteiger partial charge in [-0.1, -0.05) is 31.5 Å². The van der Waals surface area contributed by atoms with E-state index in [0.717, 1.165) is 23.9 Å². The summed E-state index contributed by atoms with van der Waals surface area (Å²) in [6.07, 6.45) is 2.48. The van der Waals surface area contributed by atoms with Crippen molar-refractivity contribution in [2.75, 3.05) is 20.2 Å². The van der Waals surface area contributed by atoms with Crippen LogP contribution in [0, 0.1) is 0 Å². The van der Waals surface area contributed by atoms with E-state index in [1.165, 1.54) is 24.0 Å². The number of piperidine rings is 1. The average Bonchev–Trinajstić information content (AvgIpc) is 2.38. The van der Waals surface area contributed by atoms with E-state index in [1.54, 1.807) is 7.11 Å². The summed E-state index contributed by atoms with van der Waals surface area (Å²) in [5.74, 6) is 1.84. The SMILES string of the molecule is COc1c(Cl)cc(C2CCCNC2)cc1C(C)C. The topological polar surface area (TPSA) is 21.3 Å². The second-order valence-corrected chi connectivity index (χ2v) is 5.73. The summed E-state index contributed by atoms with van der Waals surface area (Å²) in [6.45, 7) is 6.55. The van der Waals surface area contributed by atoms with E-state index < -0.39 is 0 Å². The summed E-state index contributed by atoms with van der Waals surface area (Å²) in [5.41, 5.74) is 2.56. The van der Waals surface area contributed by atoms with Crippen molar-refractivity contribution in [1.82, 2.24) is 5.32 Å². The average molecular weight is 268 g/mol. The molecule has 0 amide bonds. The van der Waals surface area contributed by atoms with Crippen LogP contribution in [0.1, 0.15) is 49.7 Å². The maximum atomic E-state index is 6.35. The van der Waals surface area contributed by atoms with Crippen LogP contribution >= 0.6 is 11.6 Å². The predicted molar refractivity (Wildman–Crippen MR) is 76.9 cm³/mol. The van der Waals surface area contributed by atoms with Crippen molar-refractivity contribution in [3.8, 4) is 5.75 Å². The first kappa shape index (κ1) is 13.7. The molecular weight excluding hydrogens is 246 g/mol. The van der Waals surface area contributed by atoms with Crippen molar-refractivity contribution in [3.05, 3.63) is 28.3 Å². The fourth-order valence-corrected chi connectivity index (χ4v) is 2.97. The fourth-order valence-electron chi connectivity index (χ4n) is 2.65. The second-order valence-electron chi connectivity index (χ2n) is 5.32. The van der Waals surface area contributed by atoms with Gasteiger partial charge in [0.15, 0.2) is 0 Å². The van der Waals surface area contributed by atoms with Crippen LogP contribution in [-0.4, -0.2) is 20.2 Å². The number of rotatable bonds is 3. The summed E-state index contributed by atoms with van der Waals surface area (Å²) < 4.78 is 5.43. The zero-order valence-electron chi connectivity index (χ0n) is 11.4. The van der Waals surface area contributed by atoms with Gasteiger partial charge in [-0.15, -0.1) is 0 Å². The molecule has 100 valence electrons. The molecule has 3 heteroatoms. The standard InChI is InChI=1S/C15H22ClNO/c1-10(2)13-7-12(8-14(16)15(13)18-3)11-5-4-6-17-9-11/h7-8,10-11,17H,4-6,9H2,1-3H3. The van der Waals surface area contributed by atoms with E-state index in [1.807, 2.05) is 0 Å². The number of ether oxygens (including phenoxy) is 1. The molecule has 1 unspecified atom stereocenters. The normalized spacial score (nSPS) is 20.2. The van der Waals surface area contributed by atoms with E-state index >= 15 is 0 Å². The number of hydrogen-bond donors (Lipinski definition) is 1. The van der Waals surface area contributed by atoms with Crippen LogP contribution in [0.25, 0.3) is 0 Å². The van der Waals surface area contributed by atoms with Crippen LogP contribution in [0.2, 0.25) is 5.02 Å². The zero-order chi connectivity index (χ0) is 13.1. The van der Waals surface area contributed by atoms with E-state index in [2.05, 4.69) is 31.3 Å². The Morgan fingerprint density at radius 1 is 1.39 bits per heavy atom. The molecule has 1 N–H and O–H groups in total.